The van der Waals surface area contributed by atoms with Crippen molar-refractivity contribution in [2.24, 2.45) is 0 Å². The summed E-state index contributed by atoms with van der Waals surface area (Å²) in [4.78, 5) is 4.36. The van der Waals surface area contributed by atoms with Gasteiger partial charge in [-0.1, -0.05) is 208 Å². The topological polar surface area (TPSA) is 12.9 Å². The van der Waals surface area contributed by atoms with Gasteiger partial charge in [0.1, 0.15) is 5.52 Å². The van der Waals surface area contributed by atoms with Crippen molar-refractivity contribution >= 4 is 119 Å². The maximum absolute atomic E-state index is 15.7. The second-order valence-electron chi connectivity index (χ2n) is 22.8. The normalized spacial score (nSPS) is 13.8. The fourth-order valence-electron chi connectivity index (χ4n) is 14.3. The predicted octanol–water partition coefficient (Wildman–Crippen LogP) is 22.8. The summed E-state index contributed by atoms with van der Waals surface area (Å²) in [7, 11) is 0. The van der Waals surface area contributed by atoms with Crippen molar-refractivity contribution in [2.75, 3.05) is 0 Å². The first-order valence-electron chi connectivity index (χ1n) is 29.0. The van der Waals surface area contributed by atoms with Gasteiger partial charge in [0.05, 0.1) is 0 Å². The molecule has 388 valence electrons. The lowest BCUT2D eigenvalue weighted by Crippen LogP contribution is -2.01. The molecule has 0 spiro atoms. The fourth-order valence-corrected chi connectivity index (χ4v) is 14.3. The van der Waals surface area contributed by atoms with Crippen molar-refractivity contribution < 1.29 is 4.39 Å². The SMILES string of the molecule is C=C(/C=C\C1=C(C)C(C)=C(CCC)CC1)c1ccc2ccc3c(-c4ccc5c6ccc(-c7ccc8ccc9c(/C(=C\C)CCc%10ccc%11cccnc%11c%10F)ccc%10ccc7c8c%109)cc6c6ccccc6c5c4)ccc4ccc1c2c43. The summed E-state index contributed by atoms with van der Waals surface area (Å²) in [6, 6.07) is 67.7. The number of rotatable bonds is 11. The molecule has 2 heteroatoms. The summed E-state index contributed by atoms with van der Waals surface area (Å²) in [5.41, 5.74) is 16.6. The van der Waals surface area contributed by atoms with E-state index in [0.717, 1.165) is 30.2 Å². The van der Waals surface area contributed by atoms with Crippen molar-refractivity contribution in [2.45, 2.75) is 66.2 Å². The van der Waals surface area contributed by atoms with E-state index in [4.69, 9.17) is 0 Å². The molecule has 0 atom stereocenters. The standard InChI is InChI=1S/C79H60FN/c1-6-11-50-18-19-51(48(5)47(50)4)16-15-46(3)60-33-23-52-29-41-70-62(35-25-54-27-39-68(60)74(52)76(54)70)58-31-37-66-67-38-32-59(45-73(67)65-14-9-8-13-64(65)72(66)44-58)63-36-26-55-28-40-69-61(34-24-53-30-42-71(63)77(55)75(53)69)49(7-2)17-20-56-21-22-57-12-10-43-81-79(57)78(56)80/h7-10,12-16,21-45H,3,6,11,17-20H2,1-2,4-5H3/b16-15-,49-7-. The van der Waals surface area contributed by atoms with E-state index in [1.807, 2.05) is 24.3 Å². The maximum atomic E-state index is 15.7. The van der Waals surface area contributed by atoms with Crippen molar-refractivity contribution in [3.05, 3.63) is 258 Å². The van der Waals surface area contributed by atoms with Crippen LogP contribution < -0.4 is 0 Å². The van der Waals surface area contributed by atoms with Gasteiger partial charge in [-0.15, -0.1) is 0 Å². The van der Waals surface area contributed by atoms with Gasteiger partial charge in [-0.05, 0) is 235 Å². The van der Waals surface area contributed by atoms with Crippen molar-refractivity contribution in [3.8, 4) is 22.3 Å². The number of nitrogens with zero attached hydrogens (tertiary/aromatic N) is 1. The van der Waals surface area contributed by atoms with Crippen molar-refractivity contribution in [1.29, 1.82) is 0 Å². The molecule has 0 saturated heterocycles. The minimum atomic E-state index is -0.219. The third-order valence-electron chi connectivity index (χ3n) is 18.6. The Labute approximate surface area is 472 Å². The zero-order valence-electron chi connectivity index (χ0n) is 46.4. The number of pyridine rings is 1. The highest BCUT2D eigenvalue weighted by molar-refractivity contribution is 6.30. The first-order valence-corrected chi connectivity index (χ1v) is 29.0. The molecule has 14 aromatic rings. The van der Waals surface area contributed by atoms with Crippen LogP contribution in [-0.2, 0) is 6.42 Å². The molecule has 0 saturated carbocycles. The molecule has 0 amide bonds. The van der Waals surface area contributed by atoms with E-state index in [9.17, 15) is 0 Å². The Bertz CT molecular complexity index is 5100. The quantitative estimate of drug-likeness (QED) is 0.0929. The van der Waals surface area contributed by atoms with Crippen LogP contribution in [0.25, 0.3) is 141 Å². The van der Waals surface area contributed by atoms with Gasteiger partial charge < -0.3 is 0 Å². The van der Waals surface area contributed by atoms with Crippen LogP contribution in [0.4, 0.5) is 4.39 Å². The van der Waals surface area contributed by atoms with Crippen LogP contribution >= 0.6 is 0 Å². The Balaban J connectivity index is 0.798. The largest absolute Gasteiger partial charge is 0.253 e. The number of hydrogen-bond acceptors (Lipinski definition) is 1. The second kappa shape index (κ2) is 19.2. The number of allylic oxidation sites excluding steroid dienone is 9. The highest BCUT2D eigenvalue weighted by Gasteiger charge is 2.21. The molecule has 1 heterocycles. The summed E-state index contributed by atoms with van der Waals surface area (Å²) in [5.74, 6) is -0.219. The third-order valence-corrected chi connectivity index (χ3v) is 18.6. The Morgan fingerprint density at radius 1 is 0.506 bits per heavy atom. The summed E-state index contributed by atoms with van der Waals surface area (Å²) >= 11 is 0. The Morgan fingerprint density at radius 2 is 1.02 bits per heavy atom. The van der Waals surface area contributed by atoms with Crippen LogP contribution in [0.5, 0.6) is 0 Å². The molecular weight excluding hydrogens is 982 g/mol. The molecule has 0 bridgehead atoms. The molecule has 0 fully saturated rings. The molecule has 0 unspecified atom stereocenters. The zero-order valence-corrected chi connectivity index (χ0v) is 46.4. The van der Waals surface area contributed by atoms with E-state index in [1.54, 1.807) is 11.8 Å². The van der Waals surface area contributed by atoms with E-state index in [-0.39, 0.29) is 5.82 Å². The highest BCUT2D eigenvalue weighted by atomic mass is 19.1. The van der Waals surface area contributed by atoms with E-state index < -0.39 is 0 Å². The van der Waals surface area contributed by atoms with Crippen LogP contribution in [-0.4, -0.2) is 4.98 Å². The Kier molecular flexibility index (Phi) is 11.6. The van der Waals surface area contributed by atoms with E-state index in [1.165, 1.54) is 165 Å². The first kappa shape index (κ1) is 48.9. The monoisotopic (exact) mass is 1040 g/mol. The Hall–Kier alpha value is -9.24. The molecule has 13 aromatic carbocycles. The summed E-state index contributed by atoms with van der Waals surface area (Å²) in [6.45, 7) is 13.7. The lowest BCUT2D eigenvalue weighted by atomic mass is 9.84. The average Bonchev–Trinajstić information content (AvgIpc) is 3.58. The smallest absolute Gasteiger partial charge is 0.152 e. The van der Waals surface area contributed by atoms with Crippen LogP contribution in [0.3, 0.4) is 0 Å². The lowest BCUT2D eigenvalue weighted by molar-refractivity contribution is 0.619. The minimum absolute atomic E-state index is 0.219. The zero-order chi connectivity index (χ0) is 54.6. The number of hydrogen-bond donors (Lipinski definition) is 0. The van der Waals surface area contributed by atoms with Crippen molar-refractivity contribution in [3.63, 3.8) is 0 Å². The Morgan fingerprint density at radius 3 is 1.63 bits per heavy atom. The van der Waals surface area contributed by atoms with Gasteiger partial charge >= 0.3 is 0 Å². The number of benzene rings is 13. The predicted molar refractivity (Wildman–Crippen MR) is 349 cm³/mol. The number of halogens is 1. The molecule has 0 N–H and O–H groups in total. The average molecular weight is 1040 g/mol. The molecule has 1 aromatic heterocycles. The van der Waals surface area contributed by atoms with E-state index in [2.05, 4.69) is 215 Å². The fraction of sp³-hybridized carbons (Fsp3) is 0.127. The van der Waals surface area contributed by atoms with Gasteiger partial charge in [-0.25, -0.2) is 4.39 Å². The molecule has 0 aliphatic heterocycles. The van der Waals surface area contributed by atoms with Crippen LogP contribution in [0.15, 0.2) is 235 Å². The van der Waals surface area contributed by atoms with Crippen LogP contribution in [0.2, 0.25) is 0 Å². The first-order chi connectivity index (χ1) is 39.7. The van der Waals surface area contributed by atoms with Gasteiger partial charge in [0, 0.05) is 11.6 Å². The summed E-state index contributed by atoms with van der Waals surface area (Å²) < 4.78 is 15.7. The van der Waals surface area contributed by atoms with Gasteiger partial charge in [0.25, 0.3) is 0 Å². The second-order valence-corrected chi connectivity index (χ2v) is 22.8. The molecule has 81 heavy (non-hydrogen) atoms. The molecule has 15 rings (SSSR count). The molecule has 1 aliphatic rings. The van der Waals surface area contributed by atoms with Crippen molar-refractivity contribution in [1.82, 2.24) is 4.98 Å². The highest BCUT2D eigenvalue weighted by Crippen LogP contribution is 2.47. The number of aromatic nitrogens is 1. The van der Waals surface area contributed by atoms with Gasteiger partial charge in [0.2, 0.25) is 0 Å². The molecule has 0 radical (unpaired) electrons. The van der Waals surface area contributed by atoms with Gasteiger partial charge in [-0.3, -0.25) is 4.98 Å². The van der Waals surface area contributed by atoms with E-state index >= 15 is 4.39 Å². The minimum Gasteiger partial charge on any atom is -0.253 e. The van der Waals surface area contributed by atoms with E-state index in [0.29, 0.717) is 17.5 Å². The summed E-state index contributed by atoms with van der Waals surface area (Å²) in [5, 5.41) is 23.5. The summed E-state index contributed by atoms with van der Waals surface area (Å²) in [6.07, 6.45) is 14.4. The number of fused-ring (bicyclic) bond motifs is 7. The molecule has 1 nitrogen and oxygen atoms in total. The lowest BCUT2D eigenvalue weighted by Gasteiger charge is -2.21. The van der Waals surface area contributed by atoms with Crippen LogP contribution in [0.1, 0.15) is 76.5 Å². The van der Waals surface area contributed by atoms with Gasteiger partial charge in [0.15, 0.2) is 5.82 Å². The third kappa shape index (κ3) is 7.75. The maximum Gasteiger partial charge on any atom is 0.152 e. The van der Waals surface area contributed by atoms with Crippen LogP contribution in [0, 0.1) is 5.82 Å². The van der Waals surface area contributed by atoms with Gasteiger partial charge in [-0.2, -0.15) is 0 Å². The molecular formula is C79H60FN. The molecule has 1 aliphatic carbocycles. The number of aryl methyl sites for hydroxylation is 1.